The van der Waals surface area contributed by atoms with Gasteiger partial charge >= 0.3 is 5.97 Å². The summed E-state index contributed by atoms with van der Waals surface area (Å²) in [4.78, 5) is 24.3. The molecule has 1 aliphatic carbocycles. The lowest BCUT2D eigenvalue weighted by Crippen LogP contribution is -2.32. The van der Waals surface area contributed by atoms with Crippen LogP contribution in [0.1, 0.15) is 32.6 Å². The van der Waals surface area contributed by atoms with Crippen LogP contribution in [0.4, 0.5) is 5.69 Å². The lowest BCUT2D eigenvalue weighted by molar-refractivity contribution is -0.157. The zero-order valence-electron chi connectivity index (χ0n) is 14.7. The van der Waals surface area contributed by atoms with Crippen molar-refractivity contribution in [1.29, 1.82) is 0 Å². The summed E-state index contributed by atoms with van der Waals surface area (Å²) in [6, 6.07) is 5.95. The predicted molar refractivity (Wildman–Crippen MR) is 93.5 cm³/mol. The summed E-state index contributed by atoms with van der Waals surface area (Å²) in [5.41, 5.74) is 0.330. The summed E-state index contributed by atoms with van der Waals surface area (Å²) in [5, 5.41) is 2.59. The number of nitrogens with zero attached hydrogens (tertiary/aromatic N) is 1. The van der Waals surface area contributed by atoms with Crippen molar-refractivity contribution in [1.82, 2.24) is 4.31 Å². The number of ether oxygens (including phenoxy) is 1. The van der Waals surface area contributed by atoms with E-state index in [1.54, 1.807) is 12.1 Å². The number of carbonyl (C=O) groups is 2. The first kappa shape index (κ1) is 19.4. The van der Waals surface area contributed by atoms with E-state index >= 15 is 0 Å². The molecule has 0 heterocycles. The van der Waals surface area contributed by atoms with Gasteiger partial charge in [-0.25, -0.2) is 12.7 Å². The smallest absolute Gasteiger partial charge is 0.309 e. The van der Waals surface area contributed by atoms with Crippen molar-refractivity contribution in [2.45, 2.75) is 43.6 Å². The highest BCUT2D eigenvalue weighted by Crippen LogP contribution is 2.26. The first-order valence-corrected chi connectivity index (χ1v) is 9.70. The second-order valence-corrected chi connectivity index (χ2v) is 8.52. The molecule has 0 saturated heterocycles. The number of amides is 1. The van der Waals surface area contributed by atoms with Crippen molar-refractivity contribution in [3.63, 3.8) is 0 Å². The monoisotopic (exact) mass is 368 g/mol. The largest absolute Gasteiger partial charge is 0.452 e. The highest BCUT2D eigenvalue weighted by Gasteiger charge is 2.27. The van der Waals surface area contributed by atoms with Crippen molar-refractivity contribution >= 4 is 27.6 Å². The molecule has 1 N–H and O–H groups in total. The zero-order valence-corrected chi connectivity index (χ0v) is 15.5. The Morgan fingerprint density at radius 2 is 1.88 bits per heavy atom. The van der Waals surface area contributed by atoms with E-state index in [9.17, 15) is 18.0 Å². The Bertz CT molecular complexity index is 739. The SMILES string of the molecule is CC(OC(=O)C1CCCC1)C(=O)Nc1cccc(S(=O)(=O)N(C)C)c1. The Balaban J connectivity index is 2.01. The van der Waals surface area contributed by atoms with E-state index in [4.69, 9.17) is 4.74 Å². The number of hydrogen-bond acceptors (Lipinski definition) is 5. The van der Waals surface area contributed by atoms with E-state index in [-0.39, 0.29) is 16.8 Å². The molecule has 0 spiro atoms. The molecule has 25 heavy (non-hydrogen) atoms. The molecule has 0 radical (unpaired) electrons. The van der Waals surface area contributed by atoms with E-state index in [1.807, 2.05) is 0 Å². The molecule has 1 aliphatic rings. The molecule has 0 aliphatic heterocycles. The van der Waals surface area contributed by atoms with E-state index < -0.39 is 22.0 Å². The van der Waals surface area contributed by atoms with Crippen molar-refractivity contribution in [3.8, 4) is 0 Å². The number of benzene rings is 1. The predicted octanol–water partition coefficient (Wildman–Crippen LogP) is 2.00. The number of hydrogen-bond donors (Lipinski definition) is 1. The summed E-state index contributed by atoms with van der Waals surface area (Å²) >= 11 is 0. The van der Waals surface area contributed by atoms with Crippen LogP contribution in [0.5, 0.6) is 0 Å². The quantitative estimate of drug-likeness (QED) is 0.775. The van der Waals surface area contributed by atoms with Gasteiger partial charge in [0.15, 0.2) is 6.10 Å². The Hall–Kier alpha value is -1.93. The highest BCUT2D eigenvalue weighted by atomic mass is 32.2. The molecule has 138 valence electrons. The van der Waals surface area contributed by atoms with Gasteiger partial charge in [-0.2, -0.15) is 0 Å². The van der Waals surface area contributed by atoms with Gasteiger partial charge in [0.1, 0.15) is 0 Å². The minimum atomic E-state index is -3.59. The van der Waals surface area contributed by atoms with E-state index in [1.165, 1.54) is 33.2 Å². The molecular formula is C17H24N2O5S. The van der Waals surface area contributed by atoms with Crippen LogP contribution in [0.3, 0.4) is 0 Å². The van der Waals surface area contributed by atoms with Gasteiger partial charge in [0.25, 0.3) is 5.91 Å². The lowest BCUT2D eigenvalue weighted by atomic mass is 10.1. The highest BCUT2D eigenvalue weighted by molar-refractivity contribution is 7.89. The average molecular weight is 368 g/mol. The van der Waals surface area contributed by atoms with E-state index in [0.717, 1.165) is 30.0 Å². The Morgan fingerprint density at radius 3 is 2.48 bits per heavy atom. The fourth-order valence-electron chi connectivity index (χ4n) is 2.67. The Labute approximate surface area is 148 Å². The van der Waals surface area contributed by atoms with Gasteiger partial charge in [-0.1, -0.05) is 18.9 Å². The molecule has 1 aromatic carbocycles. The summed E-state index contributed by atoms with van der Waals surface area (Å²) < 4.78 is 30.6. The lowest BCUT2D eigenvalue weighted by Gasteiger charge is -2.17. The molecule has 0 bridgehead atoms. The standard InChI is InChI=1S/C17H24N2O5S/c1-12(24-17(21)13-7-4-5-8-13)16(20)18-14-9-6-10-15(11-14)25(22,23)19(2)3/h6,9-13H,4-5,7-8H2,1-3H3,(H,18,20). The number of rotatable bonds is 6. The minimum Gasteiger partial charge on any atom is -0.452 e. The van der Waals surface area contributed by atoms with Gasteiger partial charge in [0.05, 0.1) is 10.8 Å². The molecule has 1 aromatic rings. The van der Waals surface area contributed by atoms with Gasteiger partial charge in [-0.3, -0.25) is 9.59 Å². The van der Waals surface area contributed by atoms with Gasteiger partial charge in [0, 0.05) is 19.8 Å². The number of sulfonamides is 1. The topological polar surface area (TPSA) is 92.8 Å². The third-order valence-corrected chi connectivity index (χ3v) is 6.04. The first-order chi connectivity index (χ1) is 11.7. The normalized spacial score (nSPS) is 16.6. The number of esters is 1. The summed E-state index contributed by atoms with van der Waals surface area (Å²) in [5.74, 6) is -0.960. The van der Waals surface area contributed by atoms with E-state index in [2.05, 4.69) is 5.32 Å². The van der Waals surface area contributed by atoms with Crippen molar-refractivity contribution in [2.24, 2.45) is 5.92 Å². The first-order valence-electron chi connectivity index (χ1n) is 8.26. The fourth-order valence-corrected chi connectivity index (χ4v) is 3.62. The summed E-state index contributed by atoms with van der Waals surface area (Å²) in [6.07, 6.45) is 2.68. The number of anilines is 1. The van der Waals surface area contributed by atoms with Crippen LogP contribution in [0.25, 0.3) is 0 Å². The average Bonchev–Trinajstić information content (AvgIpc) is 3.09. The maximum absolute atomic E-state index is 12.2. The number of carbonyl (C=O) groups excluding carboxylic acids is 2. The van der Waals surface area contributed by atoms with Crippen LogP contribution in [0.2, 0.25) is 0 Å². The van der Waals surface area contributed by atoms with Gasteiger partial charge in [-0.05, 0) is 38.0 Å². The molecular weight excluding hydrogens is 344 g/mol. The molecule has 1 fully saturated rings. The Morgan fingerprint density at radius 1 is 1.24 bits per heavy atom. The van der Waals surface area contributed by atoms with Crippen LogP contribution in [0.15, 0.2) is 29.2 Å². The molecule has 1 atom stereocenters. The molecule has 1 unspecified atom stereocenters. The van der Waals surface area contributed by atoms with Crippen LogP contribution in [-0.4, -0.2) is 44.8 Å². The molecule has 7 nitrogen and oxygen atoms in total. The van der Waals surface area contributed by atoms with Crippen molar-refractivity contribution in [2.75, 3.05) is 19.4 Å². The summed E-state index contributed by atoms with van der Waals surface area (Å²) in [7, 11) is -0.718. The number of nitrogens with one attached hydrogen (secondary N) is 1. The second-order valence-electron chi connectivity index (χ2n) is 6.37. The van der Waals surface area contributed by atoms with Crippen molar-refractivity contribution < 1.29 is 22.7 Å². The van der Waals surface area contributed by atoms with Gasteiger partial charge in [0.2, 0.25) is 10.0 Å². The molecule has 8 heteroatoms. The third kappa shape index (κ3) is 4.79. The Kier molecular flexibility index (Phi) is 6.18. The zero-order chi connectivity index (χ0) is 18.6. The van der Waals surface area contributed by atoms with Crippen LogP contribution in [-0.2, 0) is 24.3 Å². The van der Waals surface area contributed by atoms with Crippen molar-refractivity contribution in [3.05, 3.63) is 24.3 Å². The second kappa shape index (κ2) is 7.97. The molecule has 1 amide bonds. The van der Waals surface area contributed by atoms with Crippen LogP contribution < -0.4 is 5.32 Å². The van der Waals surface area contributed by atoms with Gasteiger partial charge in [-0.15, -0.1) is 0 Å². The van der Waals surface area contributed by atoms with Crippen LogP contribution >= 0.6 is 0 Å². The molecule has 0 aromatic heterocycles. The maximum Gasteiger partial charge on any atom is 0.309 e. The van der Waals surface area contributed by atoms with Gasteiger partial charge < -0.3 is 10.1 Å². The molecule has 2 rings (SSSR count). The summed E-state index contributed by atoms with van der Waals surface area (Å²) in [6.45, 7) is 1.50. The van der Waals surface area contributed by atoms with Crippen LogP contribution in [0, 0.1) is 5.92 Å². The van der Waals surface area contributed by atoms with E-state index in [0.29, 0.717) is 5.69 Å². The maximum atomic E-state index is 12.2. The minimum absolute atomic E-state index is 0.0749. The fraction of sp³-hybridized carbons (Fsp3) is 0.529. The third-order valence-electron chi connectivity index (χ3n) is 4.23. The molecule has 1 saturated carbocycles.